The fraction of sp³-hybridized carbons (Fsp3) is 0.545. The Morgan fingerprint density at radius 2 is 2.23 bits per heavy atom. The zero-order chi connectivity index (χ0) is 20.5. The topological polar surface area (TPSA) is 61.8 Å². The Labute approximate surface area is 201 Å². The van der Waals surface area contributed by atoms with Crippen LogP contribution in [0.4, 0.5) is 5.82 Å². The maximum Gasteiger partial charge on any atom is 0.191 e. The number of anilines is 1. The fourth-order valence-corrected chi connectivity index (χ4v) is 4.22. The number of morpholine rings is 1. The van der Waals surface area contributed by atoms with Crippen molar-refractivity contribution in [2.75, 3.05) is 37.7 Å². The Kier molecular flexibility index (Phi) is 10.9. The van der Waals surface area contributed by atoms with E-state index in [-0.39, 0.29) is 30.1 Å². The van der Waals surface area contributed by atoms with Crippen LogP contribution in [0, 0.1) is 5.92 Å². The highest BCUT2D eigenvalue weighted by Gasteiger charge is 2.17. The van der Waals surface area contributed by atoms with Gasteiger partial charge in [0, 0.05) is 37.3 Å². The molecule has 1 aliphatic rings. The summed E-state index contributed by atoms with van der Waals surface area (Å²) in [7, 11) is 0. The lowest BCUT2D eigenvalue weighted by molar-refractivity contribution is 0.0529. The molecule has 2 atom stereocenters. The lowest BCUT2D eigenvalue weighted by atomic mass is 10.1. The van der Waals surface area contributed by atoms with Gasteiger partial charge in [-0.3, -0.25) is 0 Å². The molecule has 166 valence electrons. The number of aromatic nitrogens is 1. The molecule has 2 unspecified atom stereocenters. The van der Waals surface area contributed by atoms with Crippen LogP contribution >= 0.6 is 35.3 Å². The summed E-state index contributed by atoms with van der Waals surface area (Å²) < 4.78 is 5.61. The average molecular weight is 544 g/mol. The average Bonchev–Trinajstić information content (AvgIpc) is 3.23. The smallest absolute Gasteiger partial charge is 0.191 e. The quantitative estimate of drug-likeness (QED) is 0.300. The van der Waals surface area contributed by atoms with Gasteiger partial charge in [0.1, 0.15) is 5.82 Å². The van der Waals surface area contributed by atoms with E-state index in [0.717, 1.165) is 56.5 Å². The number of guanidine groups is 1. The predicted octanol–water partition coefficient (Wildman–Crippen LogP) is 3.92. The van der Waals surface area contributed by atoms with E-state index in [2.05, 4.69) is 70.9 Å². The molecule has 6 nitrogen and oxygen atoms in total. The van der Waals surface area contributed by atoms with Crippen LogP contribution < -0.4 is 15.5 Å². The van der Waals surface area contributed by atoms with Crippen LogP contribution in [0.1, 0.15) is 31.2 Å². The molecule has 1 fully saturated rings. The number of halogens is 1. The number of hydrogen-bond acceptors (Lipinski definition) is 5. The first kappa shape index (κ1) is 24.9. The zero-order valence-electron chi connectivity index (χ0n) is 18.1. The van der Waals surface area contributed by atoms with Crippen molar-refractivity contribution in [3.05, 3.63) is 46.3 Å². The van der Waals surface area contributed by atoms with Crippen molar-refractivity contribution in [1.29, 1.82) is 0 Å². The van der Waals surface area contributed by atoms with Crippen molar-refractivity contribution in [3.8, 4) is 0 Å². The van der Waals surface area contributed by atoms with E-state index < -0.39 is 0 Å². The first-order valence-corrected chi connectivity index (χ1v) is 11.4. The van der Waals surface area contributed by atoms with Gasteiger partial charge in [0.25, 0.3) is 0 Å². The number of rotatable bonds is 8. The minimum atomic E-state index is 0. The van der Waals surface area contributed by atoms with Crippen LogP contribution in [0.3, 0.4) is 0 Å². The van der Waals surface area contributed by atoms with Crippen molar-refractivity contribution in [3.63, 3.8) is 0 Å². The number of hydrogen-bond donors (Lipinski definition) is 2. The summed E-state index contributed by atoms with van der Waals surface area (Å²) in [4.78, 5) is 13.1. The summed E-state index contributed by atoms with van der Waals surface area (Å²) >= 11 is 1.82. The third-order valence-corrected chi connectivity index (χ3v) is 5.78. The van der Waals surface area contributed by atoms with E-state index in [4.69, 9.17) is 9.73 Å². The van der Waals surface area contributed by atoms with Crippen LogP contribution in [0.2, 0.25) is 0 Å². The largest absolute Gasteiger partial charge is 0.375 e. The number of nitrogens with one attached hydrogen (secondary N) is 2. The minimum absolute atomic E-state index is 0. The number of nitrogens with zero attached hydrogens (tertiary/aromatic N) is 3. The molecular weight excluding hydrogens is 509 g/mol. The normalized spacial score (nSPS) is 17.9. The molecule has 2 aromatic rings. The molecule has 3 heterocycles. The molecule has 8 heteroatoms. The van der Waals surface area contributed by atoms with E-state index in [1.54, 1.807) is 0 Å². The monoisotopic (exact) mass is 543 g/mol. The van der Waals surface area contributed by atoms with Crippen molar-refractivity contribution in [2.45, 2.75) is 39.8 Å². The van der Waals surface area contributed by atoms with Crippen LogP contribution in [-0.2, 0) is 17.7 Å². The molecule has 0 bridgehead atoms. The third kappa shape index (κ3) is 8.03. The van der Waals surface area contributed by atoms with Gasteiger partial charge in [0.05, 0.1) is 19.3 Å². The number of ether oxygens (including phenoxy) is 1. The number of pyridine rings is 1. The van der Waals surface area contributed by atoms with Crippen molar-refractivity contribution < 1.29 is 4.74 Å². The van der Waals surface area contributed by atoms with Gasteiger partial charge in [-0.15, -0.1) is 35.3 Å². The minimum Gasteiger partial charge on any atom is -0.375 e. The van der Waals surface area contributed by atoms with Gasteiger partial charge in [-0.2, -0.15) is 0 Å². The Morgan fingerprint density at radius 3 is 2.90 bits per heavy atom. The number of aliphatic imine (C=N–C) groups is 1. The molecule has 0 spiro atoms. The Balaban J connectivity index is 0.00000320. The maximum absolute atomic E-state index is 5.61. The van der Waals surface area contributed by atoms with Crippen molar-refractivity contribution >= 4 is 47.1 Å². The van der Waals surface area contributed by atoms with Gasteiger partial charge in [0.2, 0.25) is 0 Å². The first-order valence-electron chi connectivity index (χ1n) is 10.5. The zero-order valence-corrected chi connectivity index (χ0v) is 21.3. The lowest BCUT2D eigenvalue weighted by Gasteiger charge is -2.32. The molecule has 0 aromatic carbocycles. The van der Waals surface area contributed by atoms with Gasteiger partial charge in [-0.1, -0.05) is 19.1 Å². The molecular formula is C22H34IN5OS. The molecule has 1 aliphatic heterocycles. The molecule has 0 saturated carbocycles. The fourth-order valence-electron chi connectivity index (χ4n) is 3.35. The molecule has 30 heavy (non-hydrogen) atoms. The van der Waals surface area contributed by atoms with E-state index in [9.17, 15) is 0 Å². The summed E-state index contributed by atoms with van der Waals surface area (Å²) in [5.41, 5.74) is 1.11. The summed E-state index contributed by atoms with van der Waals surface area (Å²) in [5.74, 6) is 2.42. The van der Waals surface area contributed by atoms with Crippen LogP contribution in [0.25, 0.3) is 0 Å². The predicted molar refractivity (Wildman–Crippen MR) is 137 cm³/mol. The molecule has 2 N–H and O–H groups in total. The third-order valence-electron chi connectivity index (χ3n) is 4.89. The van der Waals surface area contributed by atoms with Crippen LogP contribution in [0.15, 0.2) is 40.8 Å². The van der Waals surface area contributed by atoms with E-state index >= 15 is 0 Å². The van der Waals surface area contributed by atoms with E-state index in [0.29, 0.717) is 12.5 Å². The van der Waals surface area contributed by atoms with Crippen LogP contribution in [-0.4, -0.2) is 49.8 Å². The maximum atomic E-state index is 5.61. The molecule has 1 saturated heterocycles. The van der Waals surface area contributed by atoms with Gasteiger partial charge in [0.15, 0.2) is 5.96 Å². The second-order valence-electron chi connectivity index (χ2n) is 7.62. The lowest BCUT2D eigenvalue weighted by Crippen LogP contribution is -2.41. The summed E-state index contributed by atoms with van der Waals surface area (Å²) in [5, 5.41) is 8.94. The molecule has 0 radical (unpaired) electrons. The van der Waals surface area contributed by atoms with Gasteiger partial charge >= 0.3 is 0 Å². The summed E-state index contributed by atoms with van der Waals surface area (Å²) in [6.45, 7) is 11.4. The Morgan fingerprint density at radius 1 is 1.37 bits per heavy atom. The summed E-state index contributed by atoms with van der Waals surface area (Å²) in [6, 6.07) is 8.53. The van der Waals surface area contributed by atoms with E-state index in [1.807, 2.05) is 17.5 Å². The summed E-state index contributed by atoms with van der Waals surface area (Å²) in [6.07, 6.45) is 3.28. The highest BCUT2D eigenvalue weighted by atomic mass is 127. The molecule has 0 aliphatic carbocycles. The molecule has 3 rings (SSSR count). The second-order valence-corrected chi connectivity index (χ2v) is 8.65. The Bertz CT molecular complexity index is 753. The standard InChI is InChI=1S/C22H33N5OS.HI/c1-4-23-22(25-13-17(2)12-20-6-5-11-29-20)26-15-19-7-8-21(24-14-19)27-9-10-28-18(3)16-27;/h5-8,11,14,17-18H,4,9-10,12-13,15-16H2,1-3H3,(H2,23,25,26);1H. The SMILES string of the molecule is CCNC(=NCc1ccc(N2CCOC(C)C2)nc1)NCC(C)Cc1cccs1.I. The van der Waals surface area contributed by atoms with Crippen molar-refractivity contribution in [1.82, 2.24) is 15.6 Å². The van der Waals surface area contributed by atoms with Crippen molar-refractivity contribution in [2.24, 2.45) is 10.9 Å². The van der Waals surface area contributed by atoms with E-state index in [1.165, 1.54) is 4.88 Å². The first-order chi connectivity index (χ1) is 14.1. The van der Waals surface area contributed by atoms with Gasteiger partial charge in [-0.25, -0.2) is 9.98 Å². The van der Waals surface area contributed by atoms with Gasteiger partial charge < -0.3 is 20.3 Å². The number of thiophene rings is 1. The highest BCUT2D eigenvalue weighted by molar-refractivity contribution is 14.0. The Hall–Kier alpha value is -1.39. The molecule has 0 amide bonds. The molecule has 2 aromatic heterocycles. The van der Waals surface area contributed by atoms with Crippen LogP contribution in [0.5, 0.6) is 0 Å². The second kappa shape index (κ2) is 13.1. The van der Waals surface area contributed by atoms with Gasteiger partial charge in [-0.05, 0) is 49.3 Å². The highest BCUT2D eigenvalue weighted by Crippen LogP contribution is 2.16.